The molecule has 1 unspecified atom stereocenters. The van der Waals surface area contributed by atoms with Gasteiger partial charge in [-0.3, -0.25) is 0 Å². The van der Waals surface area contributed by atoms with Gasteiger partial charge in [0.25, 0.3) is 0 Å². The Labute approximate surface area is 160 Å². The number of aromatic nitrogens is 1. The molecule has 1 atom stereocenters. The molecule has 26 heavy (non-hydrogen) atoms. The van der Waals surface area contributed by atoms with Gasteiger partial charge in [0.2, 0.25) is 0 Å². The molecule has 0 saturated heterocycles. The quantitative estimate of drug-likeness (QED) is 0.455. The number of hydrogen-bond donors (Lipinski definition) is 1. The number of aryl methyl sites for hydroxylation is 2. The molecule has 0 aliphatic heterocycles. The number of nitrogens with zero attached hydrogens (tertiary/aromatic N) is 1. The van der Waals surface area contributed by atoms with Gasteiger partial charge in [0, 0.05) is 16.3 Å². The Morgan fingerprint density at radius 1 is 1.19 bits per heavy atom. The van der Waals surface area contributed by atoms with Crippen LogP contribution in [-0.4, -0.2) is 17.6 Å². The first-order chi connectivity index (χ1) is 12.7. The van der Waals surface area contributed by atoms with Crippen LogP contribution in [0, 0.1) is 6.92 Å². The van der Waals surface area contributed by atoms with Gasteiger partial charge < -0.3 is 10.1 Å². The molecule has 0 amide bonds. The summed E-state index contributed by atoms with van der Waals surface area (Å²) in [6.07, 6.45) is 6.84. The number of nitrogens with one attached hydrogen (secondary N) is 1. The molecule has 0 aliphatic rings. The maximum atomic E-state index is 6.06. The van der Waals surface area contributed by atoms with Gasteiger partial charge in [-0.25, -0.2) is 4.98 Å². The van der Waals surface area contributed by atoms with Gasteiger partial charge in [-0.05, 0) is 61.4 Å². The average Bonchev–Trinajstić information content (AvgIpc) is 3.11. The first-order valence-corrected chi connectivity index (χ1v) is 10.4. The molecule has 0 aliphatic carbocycles. The Hall–Kier alpha value is -2.07. The van der Waals surface area contributed by atoms with E-state index in [0.29, 0.717) is 6.61 Å². The average molecular weight is 369 g/mol. The smallest absolute Gasteiger partial charge is 0.134 e. The van der Waals surface area contributed by atoms with E-state index in [1.807, 2.05) is 6.20 Å². The number of hydrogen-bond acceptors (Lipinski definition) is 4. The van der Waals surface area contributed by atoms with Crippen molar-refractivity contribution in [3.8, 4) is 5.75 Å². The standard InChI is InChI=1S/C22H28N2OS/c1-4-5-6-7-18-8-9-20(16(2)14-18)25-15-17(3)24-22-19-11-13-26-21(19)10-12-23-22/h8-14,17H,4-7,15H2,1-3H3,(H,23,24). The zero-order valence-corrected chi connectivity index (χ0v) is 16.7. The maximum Gasteiger partial charge on any atom is 0.134 e. The van der Waals surface area contributed by atoms with Crippen molar-refractivity contribution in [1.82, 2.24) is 4.98 Å². The van der Waals surface area contributed by atoms with E-state index in [9.17, 15) is 0 Å². The Morgan fingerprint density at radius 3 is 2.88 bits per heavy atom. The predicted molar refractivity (Wildman–Crippen MR) is 113 cm³/mol. The Kier molecular flexibility index (Phi) is 6.51. The number of ether oxygens (including phenoxy) is 1. The third-order valence-electron chi connectivity index (χ3n) is 4.56. The molecule has 0 spiro atoms. The van der Waals surface area contributed by atoms with Crippen LogP contribution >= 0.6 is 11.3 Å². The van der Waals surface area contributed by atoms with E-state index in [4.69, 9.17) is 4.74 Å². The van der Waals surface area contributed by atoms with Crippen LogP contribution in [-0.2, 0) is 6.42 Å². The number of anilines is 1. The topological polar surface area (TPSA) is 34.1 Å². The molecular formula is C22H28N2OS. The molecule has 2 aromatic heterocycles. The number of unbranched alkanes of at least 4 members (excludes halogenated alkanes) is 2. The van der Waals surface area contributed by atoms with Crippen molar-refractivity contribution in [3.63, 3.8) is 0 Å². The lowest BCUT2D eigenvalue weighted by Gasteiger charge is -2.17. The zero-order valence-electron chi connectivity index (χ0n) is 15.9. The molecule has 0 bridgehead atoms. The fourth-order valence-corrected chi connectivity index (χ4v) is 3.89. The zero-order chi connectivity index (χ0) is 18.4. The summed E-state index contributed by atoms with van der Waals surface area (Å²) in [5, 5.41) is 6.76. The summed E-state index contributed by atoms with van der Waals surface area (Å²) < 4.78 is 7.31. The highest BCUT2D eigenvalue weighted by Gasteiger charge is 2.09. The first kappa shape index (κ1) is 18.7. The monoisotopic (exact) mass is 368 g/mol. The molecule has 0 saturated carbocycles. The lowest BCUT2D eigenvalue weighted by atomic mass is 10.0. The molecule has 1 N–H and O–H groups in total. The summed E-state index contributed by atoms with van der Waals surface area (Å²) in [5.41, 5.74) is 2.62. The van der Waals surface area contributed by atoms with Gasteiger partial charge in [-0.1, -0.05) is 31.9 Å². The molecule has 1 aromatic carbocycles. The first-order valence-electron chi connectivity index (χ1n) is 9.48. The number of pyridine rings is 1. The van der Waals surface area contributed by atoms with E-state index < -0.39 is 0 Å². The highest BCUT2D eigenvalue weighted by atomic mass is 32.1. The predicted octanol–water partition coefficient (Wildman–Crippen LogP) is 6.22. The van der Waals surface area contributed by atoms with Gasteiger partial charge >= 0.3 is 0 Å². The normalized spacial score (nSPS) is 12.3. The van der Waals surface area contributed by atoms with Crippen molar-refractivity contribution in [2.45, 2.75) is 52.5 Å². The lowest BCUT2D eigenvalue weighted by molar-refractivity contribution is 0.302. The Morgan fingerprint density at radius 2 is 2.08 bits per heavy atom. The van der Waals surface area contributed by atoms with E-state index in [1.54, 1.807) is 11.3 Å². The molecule has 138 valence electrons. The van der Waals surface area contributed by atoms with Crippen molar-refractivity contribution in [1.29, 1.82) is 0 Å². The van der Waals surface area contributed by atoms with Crippen LogP contribution in [0.3, 0.4) is 0 Å². The molecular weight excluding hydrogens is 340 g/mol. The number of fused-ring (bicyclic) bond motifs is 1. The van der Waals surface area contributed by atoms with Crippen molar-refractivity contribution in [2.75, 3.05) is 11.9 Å². The fourth-order valence-electron chi connectivity index (χ4n) is 3.11. The highest BCUT2D eigenvalue weighted by molar-refractivity contribution is 7.17. The molecule has 3 rings (SSSR count). The van der Waals surface area contributed by atoms with Crippen LogP contribution in [0.4, 0.5) is 5.82 Å². The van der Waals surface area contributed by atoms with Crippen LogP contribution < -0.4 is 10.1 Å². The second kappa shape index (κ2) is 9.04. The molecule has 3 aromatic rings. The third kappa shape index (κ3) is 4.76. The molecule has 3 nitrogen and oxygen atoms in total. The number of benzene rings is 1. The van der Waals surface area contributed by atoms with Crippen LogP contribution in [0.1, 0.15) is 44.2 Å². The van der Waals surface area contributed by atoms with Gasteiger partial charge in [-0.15, -0.1) is 11.3 Å². The van der Waals surface area contributed by atoms with E-state index in [-0.39, 0.29) is 6.04 Å². The summed E-state index contributed by atoms with van der Waals surface area (Å²) in [6.45, 7) is 7.11. The van der Waals surface area contributed by atoms with Gasteiger partial charge in [-0.2, -0.15) is 0 Å². The minimum atomic E-state index is 0.177. The Balaban J connectivity index is 1.55. The van der Waals surface area contributed by atoms with Gasteiger partial charge in [0.1, 0.15) is 18.2 Å². The largest absolute Gasteiger partial charge is 0.491 e. The molecule has 0 radical (unpaired) electrons. The van der Waals surface area contributed by atoms with Crippen LogP contribution in [0.5, 0.6) is 5.75 Å². The maximum absolute atomic E-state index is 6.06. The van der Waals surface area contributed by atoms with E-state index in [2.05, 4.69) is 66.8 Å². The summed E-state index contributed by atoms with van der Waals surface area (Å²) in [5.74, 6) is 1.91. The fraction of sp³-hybridized carbons (Fsp3) is 0.409. The summed E-state index contributed by atoms with van der Waals surface area (Å²) in [4.78, 5) is 4.48. The summed E-state index contributed by atoms with van der Waals surface area (Å²) in [6, 6.07) is 10.9. The van der Waals surface area contributed by atoms with Crippen LogP contribution in [0.15, 0.2) is 41.9 Å². The second-order valence-corrected chi connectivity index (χ2v) is 7.85. The van der Waals surface area contributed by atoms with Gasteiger partial charge in [0.15, 0.2) is 0 Å². The highest BCUT2D eigenvalue weighted by Crippen LogP contribution is 2.26. The van der Waals surface area contributed by atoms with Crippen molar-refractivity contribution < 1.29 is 4.74 Å². The van der Waals surface area contributed by atoms with E-state index in [0.717, 1.165) is 18.0 Å². The Bertz CT molecular complexity index is 843. The van der Waals surface area contributed by atoms with Crippen molar-refractivity contribution >= 4 is 27.2 Å². The SMILES string of the molecule is CCCCCc1ccc(OCC(C)Nc2nccc3sccc23)c(C)c1. The molecule has 4 heteroatoms. The lowest BCUT2D eigenvalue weighted by Crippen LogP contribution is -2.24. The minimum absolute atomic E-state index is 0.177. The third-order valence-corrected chi connectivity index (χ3v) is 5.44. The summed E-state index contributed by atoms with van der Waals surface area (Å²) >= 11 is 1.74. The number of rotatable bonds is 9. The summed E-state index contributed by atoms with van der Waals surface area (Å²) in [7, 11) is 0. The van der Waals surface area contributed by atoms with Gasteiger partial charge in [0.05, 0.1) is 6.04 Å². The van der Waals surface area contributed by atoms with Crippen LogP contribution in [0.25, 0.3) is 10.1 Å². The van der Waals surface area contributed by atoms with Crippen molar-refractivity contribution in [2.24, 2.45) is 0 Å². The minimum Gasteiger partial charge on any atom is -0.491 e. The second-order valence-electron chi connectivity index (χ2n) is 6.91. The van der Waals surface area contributed by atoms with Crippen molar-refractivity contribution in [3.05, 3.63) is 53.0 Å². The molecule has 0 fully saturated rings. The van der Waals surface area contributed by atoms with E-state index in [1.165, 1.54) is 40.5 Å². The van der Waals surface area contributed by atoms with Crippen LogP contribution in [0.2, 0.25) is 0 Å². The number of thiophene rings is 1. The molecule has 2 heterocycles. The van der Waals surface area contributed by atoms with E-state index >= 15 is 0 Å².